The second-order valence-corrected chi connectivity index (χ2v) is 5.45. The summed E-state index contributed by atoms with van der Waals surface area (Å²) in [6.45, 7) is 0. The lowest BCUT2D eigenvalue weighted by Crippen LogP contribution is -2.35. The molecule has 3 heterocycles. The number of pyridine rings is 1. The number of aromatic nitrogens is 3. The Morgan fingerprint density at radius 2 is 2.05 bits per heavy atom. The summed E-state index contributed by atoms with van der Waals surface area (Å²) >= 11 is 0. The van der Waals surface area contributed by atoms with E-state index in [1.807, 2.05) is 10.8 Å². The van der Waals surface area contributed by atoms with Gasteiger partial charge in [-0.2, -0.15) is 0 Å². The molecule has 0 amide bonds. The first kappa shape index (κ1) is 11.6. The minimum Gasteiger partial charge on any atom is -0.305 e. The van der Waals surface area contributed by atoms with Gasteiger partial charge in [0.15, 0.2) is 11.2 Å². The van der Waals surface area contributed by atoms with E-state index in [4.69, 9.17) is 9.98 Å². The molecule has 0 radical (unpaired) electrons. The molecule has 0 aromatic carbocycles. The highest BCUT2D eigenvalue weighted by Crippen LogP contribution is 2.33. The van der Waals surface area contributed by atoms with E-state index in [2.05, 4.69) is 9.97 Å². The number of nitrogens with one attached hydrogen (secondary N) is 1. The summed E-state index contributed by atoms with van der Waals surface area (Å²) in [5.74, 6) is 0. The van der Waals surface area contributed by atoms with Gasteiger partial charge in [-0.15, -0.1) is 0 Å². The first-order chi connectivity index (χ1) is 9.76. The van der Waals surface area contributed by atoms with Crippen LogP contribution >= 0.6 is 0 Å². The summed E-state index contributed by atoms with van der Waals surface area (Å²) in [5.41, 5.74) is 0.870. The van der Waals surface area contributed by atoms with Gasteiger partial charge in [0.1, 0.15) is 5.36 Å². The van der Waals surface area contributed by atoms with E-state index in [1.165, 1.54) is 6.42 Å². The lowest BCUT2D eigenvalue weighted by atomic mass is 9.90. The van der Waals surface area contributed by atoms with Crippen molar-refractivity contribution in [2.24, 2.45) is 9.98 Å². The number of imidazole rings is 1. The second-order valence-electron chi connectivity index (χ2n) is 5.45. The molecule has 1 spiro atoms. The fraction of sp³-hybridized carbons (Fsp3) is 0.429. The first-order valence-electron chi connectivity index (χ1n) is 6.97. The average Bonchev–Trinajstić information content (AvgIpc) is 3.06. The zero-order valence-corrected chi connectivity index (χ0v) is 11.0. The Hall–Kier alpha value is -2.24. The number of H-pyrrole nitrogens is 1. The lowest BCUT2D eigenvalue weighted by molar-refractivity contribution is 0.308. The Kier molecular flexibility index (Phi) is 2.39. The minimum absolute atomic E-state index is 0.153. The molecule has 1 N–H and O–H groups in total. The van der Waals surface area contributed by atoms with Crippen molar-refractivity contribution in [3.8, 4) is 5.69 Å². The zero-order valence-electron chi connectivity index (χ0n) is 11.0. The lowest BCUT2D eigenvalue weighted by Gasteiger charge is -2.27. The maximum atomic E-state index is 11.8. The third-order valence-corrected chi connectivity index (χ3v) is 4.05. The Morgan fingerprint density at radius 1 is 1.20 bits per heavy atom. The van der Waals surface area contributed by atoms with Crippen LogP contribution in [0.4, 0.5) is 0 Å². The van der Waals surface area contributed by atoms with Crippen LogP contribution in [0.5, 0.6) is 0 Å². The molecule has 102 valence electrons. The Bertz CT molecular complexity index is 812. The molecule has 6 heteroatoms. The van der Waals surface area contributed by atoms with Gasteiger partial charge < -0.3 is 9.55 Å². The maximum Gasteiger partial charge on any atom is 0.251 e. The van der Waals surface area contributed by atoms with Crippen LogP contribution in [0.3, 0.4) is 0 Å². The summed E-state index contributed by atoms with van der Waals surface area (Å²) in [7, 11) is 0. The number of fused-ring (bicyclic) bond motifs is 1. The van der Waals surface area contributed by atoms with Crippen molar-refractivity contribution in [2.45, 2.75) is 37.8 Å². The van der Waals surface area contributed by atoms with Crippen molar-refractivity contribution in [3.63, 3.8) is 0 Å². The van der Waals surface area contributed by atoms with Crippen LogP contribution in [-0.4, -0.2) is 20.2 Å². The smallest absolute Gasteiger partial charge is 0.251 e. The van der Waals surface area contributed by atoms with E-state index in [-0.39, 0.29) is 11.2 Å². The summed E-state index contributed by atoms with van der Waals surface area (Å²) in [6.07, 6.45) is 10.6. The molecular weight excluding hydrogens is 254 g/mol. The van der Waals surface area contributed by atoms with Gasteiger partial charge in [-0.05, 0) is 25.7 Å². The number of aromatic amines is 1. The van der Waals surface area contributed by atoms with Gasteiger partial charge in [-0.1, -0.05) is 6.42 Å². The van der Waals surface area contributed by atoms with Gasteiger partial charge in [-0.25, -0.2) is 15.0 Å². The highest BCUT2D eigenvalue weighted by atomic mass is 16.1. The fourth-order valence-corrected chi connectivity index (χ4v) is 3.10. The Balaban J connectivity index is 1.98. The van der Waals surface area contributed by atoms with Gasteiger partial charge in [0.05, 0.1) is 12.0 Å². The molecule has 20 heavy (non-hydrogen) atoms. The molecule has 1 fully saturated rings. The number of hydrogen-bond donors (Lipinski definition) is 1. The summed E-state index contributed by atoms with van der Waals surface area (Å²) in [6, 6.07) is 1.56. The van der Waals surface area contributed by atoms with Crippen LogP contribution in [0.25, 0.3) is 5.69 Å². The Morgan fingerprint density at radius 3 is 2.80 bits per heavy atom. The van der Waals surface area contributed by atoms with Gasteiger partial charge in [0.25, 0.3) is 5.56 Å². The van der Waals surface area contributed by atoms with E-state index in [0.29, 0.717) is 5.49 Å². The van der Waals surface area contributed by atoms with Crippen molar-refractivity contribution in [1.29, 1.82) is 0 Å². The van der Waals surface area contributed by atoms with Crippen molar-refractivity contribution in [1.82, 2.24) is 14.5 Å². The molecule has 0 atom stereocenters. The highest BCUT2D eigenvalue weighted by Gasteiger charge is 2.33. The highest BCUT2D eigenvalue weighted by molar-refractivity contribution is 5.29. The normalized spacial score (nSPS) is 19.4. The van der Waals surface area contributed by atoms with Gasteiger partial charge in [-0.3, -0.25) is 4.79 Å². The molecule has 0 saturated heterocycles. The first-order valence-corrected chi connectivity index (χ1v) is 6.97. The molecule has 2 aromatic rings. The van der Waals surface area contributed by atoms with E-state index < -0.39 is 0 Å². The summed E-state index contributed by atoms with van der Waals surface area (Å²) in [4.78, 5) is 28.2. The third-order valence-electron chi connectivity index (χ3n) is 4.05. The summed E-state index contributed by atoms with van der Waals surface area (Å²) in [5, 5.41) is 0.782. The number of nitrogens with zero attached hydrogens (tertiary/aromatic N) is 4. The molecule has 2 aliphatic rings. The number of rotatable bonds is 1. The van der Waals surface area contributed by atoms with Crippen molar-refractivity contribution >= 4 is 0 Å². The fourth-order valence-electron chi connectivity index (χ4n) is 3.10. The van der Waals surface area contributed by atoms with Crippen LogP contribution in [0.2, 0.25) is 0 Å². The quantitative estimate of drug-likeness (QED) is 0.817. The average molecular weight is 269 g/mol. The van der Waals surface area contributed by atoms with E-state index in [0.717, 1.165) is 36.7 Å². The molecule has 4 rings (SSSR count). The predicted octanol–water partition coefficient (Wildman–Crippen LogP) is 0.474. The summed E-state index contributed by atoms with van der Waals surface area (Å²) < 4.78 is 1.81. The maximum absolute atomic E-state index is 11.8. The van der Waals surface area contributed by atoms with Crippen molar-refractivity contribution < 1.29 is 0 Å². The van der Waals surface area contributed by atoms with Crippen LogP contribution in [0.1, 0.15) is 32.1 Å². The van der Waals surface area contributed by atoms with Crippen LogP contribution < -0.4 is 16.4 Å². The monoisotopic (exact) mass is 269 g/mol. The molecule has 0 unspecified atom stereocenters. The topological polar surface area (TPSA) is 75.4 Å². The molecule has 2 aromatic heterocycles. The van der Waals surface area contributed by atoms with Crippen LogP contribution in [0, 0.1) is 0 Å². The van der Waals surface area contributed by atoms with E-state index in [9.17, 15) is 4.79 Å². The zero-order chi connectivity index (χ0) is 13.6. The van der Waals surface area contributed by atoms with Crippen molar-refractivity contribution in [3.05, 3.63) is 46.0 Å². The predicted molar refractivity (Wildman–Crippen MR) is 72.3 cm³/mol. The van der Waals surface area contributed by atoms with Crippen LogP contribution in [-0.2, 0) is 0 Å². The van der Waals surface area contributed by atoms with Crippen molar-refractivity contribution in [2.75, 3.05) is 0 Å². The van der Waals surface area contributed by atoms with Crippen LogP contribution in [0.15, 0.2) is 39.6 Å². The SMILES string of the molecule is O=c1cc(-n2ccnc2)c2c([nH]1)=NC1(CCCCC1)N=2. The molecule has 6 nitrogen and oxygen atoms in total. The minimum atomic E-state index is -0.347. The second kappa shape index (κ2) is 4.13. The molecule has 1 aliphatic carbocycles. The largest absolute Gasteiger partial charge is 0.305 e. The molecular formula is C14H15N5O. The molecule has 0 bridgehead atoms. The standard InChI is InChI=1S/C14H15N5O/c20-11-8-10(19-7-6-15-9-19)12-13(16-11)18-14(17-12)4-2-1-3-5-14/h6-9H,1-5H2,(H,16,18,20). The number of hydrogen-bond acceptors (Lipinski definition) is 4. The van der Waals surface area contributed by atoms with Gasteiger partial charge >= 0.3 is 0 Å². The Labute approximate surface area is 114 Å². The van der Waals surface area contributed by atoms with E-state index in [1.54, 1.807) is 18.6 Å². The molecule has 1 saturated carbocycles. The van der Waals surface area contributed by atoms with Gasteiger partial charge in [0.2, 0.25) is 0 Å². The van der Waals surface area contributed by atoms with E-state index >= 15 is 0 Å². The van der Waals surface area contributed by atoms with Gasteiger partial charge in [0, 0.05) is 18.5 Å². The molecule has 1 aliphatic heterocycles. The third kappa shape index (κ3) is 1.71.